The quantitative estimate of drug-likeness (QED) is 0.649. The van der Waals surface area contributed by atoms with Crippen LogP contribution in [0.2, 0.25) is 5.02 Å². The summed E-state index contributed by atoms with van der Waals surface area (Å²) in [5.74, 6) is -0.0321. The average Bonchev–Trinajstić information content (AvgIpc) is 3.31. The number of rotatable bonds is 4. The summed E-state index contributed by atoms with van der Waals surface area (Å²) >= 11 is 6.18. The van der Waals surface area contributed by atoms with E-state index in [2.05, 4.69) is 10.1 Å². The van der Waals surface area contributed by atoms with Gasteiger partial charge in [-0.05, 0) is 42.8 Å². The van der Waals surface area contributed by atoms with Crippen LogP contribution < -0.4 is 9.64 Å². The van der Waals surface area contributed by atoms with Gasteiger partial charge in [0.25, 0.3) is 0 Å². The van der Waals surface area contributed by atoms with Gasteiger partial charge in [-0.1, -0.05) is 22.8 Å². The van der Waals surface area contributed by atoms with Gasteiger partial charge in [0.1, 0.15) is 0 Å². The molecule has 1 atom stereocenters. The monoisotopic (exact) mass is 401 g/mol. The largest absolute Gasteiger partial charge is 0.494 e. The second-order valence-electron chi connectivity index (χ2n) is 6.59. The third kappa shape index (κ3) is 3.22. The fraction of sp³-hybridized carbons (Fsp3) is 0.250. The highest BCUT2D eigenvalue weighted by Gasteiger charge is 2.36. The Hall–Kier alpha value is -2.93. The van der Waals surface area contributed by atoms with Crippen LogP contribution in [0.25, 0.3) is 11.4 Å². The first-order valence-electron chi connectivity index (χ1n) is 8.71. The number of carbonyl (C=O) groups is 1. The molecule has 0 spiro atoms. The second kappa shape index (κ2) is 7.24. The summed E-state index contributed by atoms with van der Waals surface area (Å²) in [6.45, 7) is 2.29. The van der Waals surface area contributed by atoms with E-state index in [0.29, 0.717) is 23.0 Å². The summed E-state index contributed by atoms with van der Waals surface area (Å²) in [4.78, 5) is 18.6. The van der Waals surface area contributed by atoms with Crippen molar-refractivity contribution in [2.45, 2.75) is 19.3 Å². The molecule has 1 saturated heterocycles. The van der Waals surface area contributed by atoms with Crippen LogP contribution in [0.4, 0.5) is 10.1 Å². The SMILES string of the molecule is COc1ccc(-c2noc(C3CC(=O)N(c4cccc(Cl)c4C)C3)n2)cc1F. The minimum atomic E-state index is -0.509. The molecule has 144 valence electrons. The molecule has 8 heteroatoms. The Kier molecular flexibility index (Phi) is 4.77. The highest BCUT2D eigenvalue weighted by atomic mass is 35.5. The lowest BCUT2D eigenvalue weighted by Crippen LogP contribution is -2.25. The van der Waals surface area contributed by atoms with Gasteiger partial charge < -0.3 is 14.2 Å². The van der Waals surface area contributed by atoms with Gasteiger partial charge in [0.15, 0.2) is 11.6 Å². The van der Waals surface area contributed by atoms with Crippen LogP contribution in [-0.2, 0) is 4.79 Å². The fourth-order valence-corrected chi connectivity index (χ4v) is 3.49. The normalized spacial score (nSPS) is 16.6. The molecule has 0 N–H and O–H groups in total. The third-order valence-corrected chi connectivity index (χ3v) is 5.27. The lowest BCUT2D eigenvalue weighted by atomic mass is 10.1. The van der Waals surface area contributed by atoms with Crippen molar-refractivity contribution >= 4 is 23.2 Å². The number of aromatic nitrogens is 2. The molecule has 0 aliphatic carbocycles. The van der Waals surface area contributed by atoms with Gasteiger partial charge in [-0.25, -0.2) is 4.39 Å². The number of benzene rings is 2. The first kappa shape index (κ1) is 18.4. The Bertz CT molecular complexity index is 1050. The molecule has 6 nitrogen and oxygen atoms in total. The number of ether oxygens (including phenoxy) is 1. The summed E-state index contributed by atoms with van der Waals surface area (Å²) in [6.07, 6.45) is 0.255. The number of halogens is 2. The van der Waals surface area contributed by atoms with Crippen molar-refractivity contribution in [1.82, 2.24) is 10.1 Å². The molecule has 1 aliphatic rings. The van der Waals surface area contributed by atoms with Crippen molar-refractivity contribution in [2.75, 3.05) is 18.6 Å². The Morgan fingerprint density at radius 3 is 2.89 bits per heavy atom. The first-order chi connectivity index (χ1) is 13.5. The highest BCUT2D eigenvalue weighted by molar-refractivity contribution is 6.31. The molecule has 1 aliphatic heterocycles. The van der Waals surface area contributed by atoms with E-state index in [1.807, 2.05) is 19.1 Å². The van der Waals surface area contributed by atoms with Gasteiger partial charge in [0.05, 0.1) is 13.0 Å². The lowest BCUT2D eigenvalue weighted by molar-refractivity contribution is -0.117. The van der Waals surface area contributed by atoms with Gasteiger partial charge in [0, 0.05) is 29.2 Å². The molecule has 0 radical (unpaired) electrons. The van der Waals surface area contributed by atoms with Gasteiger partial charge in [-0.3, -0.25) is 4.79 Å². The zero-order valence-corrected chi connectivity index (χ0v) is 16.0. The van der Waals surface area contributed by atoms with Crippen LogP contribution in [0.3, 0.4) is 0 Å². The Morgan fingerprint density at radius 2 is 2.14 bits per heavy atom. The maximum absolute atomic E-state index is 13.9. The molecule has 0 saturated carbocycles. The van der Waals surface area contributed by atoms with Crippen molar-refractivity contribution in [3.8, 4) is 17.1 Å². The average molecular weight is 402 g/mol. The van der Waals surface area contributed by atoms with E-state index in [9.17, 15) is 9.18 Å². The maximum Gasteiger partial charge on any atom is 0.232 e. The van der Waals surface area contributed by atoms with Gasteiger partial charge in [0.2, 0.25) is 17.6 Å². The summed E-state index contributed by atoms with van der Waals surface area (Å²) < 4.78 is 24.2. The fourth-order valence-electron chi connectivity index (χ4n) is 3.32. The third-order valence-electron chi connectivity index (χ3n) is 4.86. The molecule has 4 rings (SSSR count). The predicted molar refractivity (Wildman–Crippen MR) is 102 cm³/mol. The zero-order chi connectivity index (χ0) is 19.8. The van der Waals surface area contributed by atoms with E-state index >= 15 is 0 Å². The maximum atomic E-state index is 13.9. The number of methoxy groups -OCH3 is 1. The number of anilines is 1. The first-order valence-corrected chi connectivity index (χ1v) is 9.08. The van der Waals surface area contributed by atoms with E-state index in [0.717, 1.165) is 11.3 Å². The minimum absolute atomic E-state index is 0.0365. The predicted octanol–water partition coefficient (Wildman–Crippen LogP) is 4.37. The summed E-state index contributed by atoms with van der Waals surface area (Å²) in [7, 11) is 1.40. The smallest absolute Gasteiger partial charge is 0.232 e. The van der Waals surface area contributed by atoms with Crippen molar-refractivity contribution in [2.24, 2.45) is 0 Å². The zero-order valence-electron chi connectivity index (χ0n) is 15.3. The molecular weight excluding hydrogens is 385 g/mol. The van der Waals surface area contributed by atoms with Crippen LogP contribution in [0.1, 0.15) is 23.8 Å². The van der Waals surface area contributed by atoms with Crippen molar-refractivity contribution in [3.05, 3.63) is 58.7 Å². The van der Waals surface area contributed by atoms with Crippen LogP contribution in [-0.4, -0.2) is 29.7 Å². The van der Waals surface area contributed by atoms with Gasteiger partial charge in [-0.2, -0.15) is 4.98 Å². The summed E-state index contributed by atoms with van der Waals surface area (Å²) in [6, 6.07) is 9.90. The Morgan fingerprint density at radius 1 is 1.32 bits per heavy atom. The van der Waals surface area contributed by atoms with Crippen LogP contribution in [0.5, 0.6) is 5.75 Å². The number of amides is 1. The van der Waals surface area contributed by atoms with Crippen LogP contribution >= 0.6 is 11.6 Å². The van der Waals surface area contributed by atoms with Gasteiger partial charge in [-0.15, -0.1) is 0 Å². The summed E-state index contributed by atoms with van der Waals surface area (Å²) in [5.41, 5.74) is 2.09. The summed E-state index contributed by atoms with van der Waals surface area (Å²) in [5, 5.41) is 4.54. The van der Waals surface area contributed by atoms with Crippen LogP contribution in [0, 0.1) is 12.7 Å². The Labute approximate surface area is 165 Å². The van der Waals surface area contributed by atoms with Crippen molar-refractivity contribution < 1.29 is 18.4 Å². The molecule has 1 unspecified atom stereocenters. The number of carbonyl (C=O) groups excluding carboxylic acids is 1. The molecule has 28 heavy (non-hydrogen) atoms. The molecule has 2 heterocycles. The van der Waals surface area contributed by atoms with Gasteiger partial charge >= 0.3 is 0 Å². The van der Waals surface area contributed by atoms with Crippen LogP contribution in [0.15, 0.2) is 40.9 Å². The van der Waals surface area contributed by atoms with Crippen molar-refractivity contribution in [3.63, 3.8) is 0 Å². The van der Waals surface area contributed by atoms with Crippen molar-refractivity contribution in [1.29, 1.82) is 0 Å². The topological polar surface area (TPSA) is 68.5 Å². The Balaban J connectivity index is 1.57. The van der Waals surface area contributed by atoms with E-state index < -0.39 is 5.82 Å². The molecule has 3 aromatic rings. The molecule has 1 amide bonds. The van der Waals surface area contributed by atoms with E-state index in [4.69, 9.17) is 20.9 Å². The number of hydrogen-bond acceptors (Lipinski definition) is 5. The number of hydrogen-bond donors (Lipinski definition) is 0. The van der Waals surface area contributed by atoms with E-state index in [1.54, 1.807) is 17.0 Å². The van der Waals surface area contributed by atoms with E-state index in [-0.39, 0.29) is 29.8 Å². The molecule has 0 bridgehead atoms. The molecular formula is C20H17ClFN3O3. The minimum Gasteiger partial charge on any atom is -0.494 e. The number of nitrogens with zero attached hydrogens (tertiary/aromatic N) is 3. The second-order valence-corrected chi connectivity index (χ2v) is 7.00. The highest BCUT2D eigenvalue weighted by Crippen LogP contribution is 2.35. The standard InChI is InChI=1S/C20H17ClFN3O3/c1-11-14(21)4-3-5-16(11)25-10-13(9-18(25)26)20-23-19(24-28-20)12-6-7-17(27-2)15(22)8-12/h3-8,13H,9-10H2,1-2H3. The van der Waals surface area contributed by atoms with E-state index in [1.165, 1.54) is 19.2 Å². The molecule has 1 aromatic heterocycles. The molecule has 2 aromatic carbocycles. The lowest BCUT2D eigenvalue weighted by Gasteiger charge is -2.19. The molecule has 1 fully saturated rings.